The smallest absolute Gasteiger partial charge is 0.196 e. The number of rotatable bonds is 5. The van der Waals surface area contributed by atoms with Gasteiger partial charge in [0.1, 0.15) is 5.75 Å². The Morgan fingerprint density at radius 2 is 1.93 bits per heavy atom. The normalized spacial score (nSPS) is 13.2. The van der Waals surface area contributed by atoms with Crippen LogP contribution in [0.15, 0.2) is 47.5 Å². The number of anilines is 1. The van der Waals surface area contributed by atoms with Crippen molar-refractivity contribution in [2.24, 2.45) is 4.99 Å². The van der Waals surface area contributed by atoms with Crippen LogP contribution >= 0.6 is 24.0 Å². The SMILES string of the molecule is CCNC(=NCc1cccc(OC)c1)Nc1ccc2c(c1)OCCCO2.I. The molecule has 0 amide bonds. The van der Waals surface area contributed by atoms with Crippen LogP contribution in [0, 0.1) is 0 Å². The molecule has 1 aliphatic heterocycles. The minimum atomic E-state index is 0. The summed E-state index contributed by atoms with van der Waals surface area (Å²) in [5, 5.41) is 6.58. The van der Waals surface area contributed by atoms with E-state index in [4.69, 9.17) is 14.2 Å². The highest BCUT2D eigenvalue weighted by Gasteiger charge is 2.11. The van der Waals surface area contributed by atoms with Gasteiger partial charge in [-0.2, -0.15) is 0 Å². The van der Waals surface area contributed by atoms with Gasteiger partial charge in [-0.05, 0) is 36.8 Å². The number of methoxy groups -OCH3 is 1. The van der Waals surface area contributed by atoms with Crippen molar-refractivity contribution in [3.63, 3.8) is 0 Å². The quantitative estimate of drug-likeness (QED) is 0.382. The van der Waals surface area contributed by atoms with Gasteiger partial charge in [0.15, 0.2) is 17.5 Å². The summed E-state index contributed by atoms with van der Waals surface area (Å²) in [5.41, 5.74) is 1.99. The van der Waals surface area contributed by atoms with Gasteiger partial charge < -0.3 is 24.8 Å². The molecule has 0 aliphatic carbocycles. The number of fused-ring (bicyclic) bond motifs is 1. The van der Waals surface area contributed by atoms with Crippen molar-refractivity contribution in [3.05, 3.63) is 48.0 Å². The lowest BCUT2D eigenvalue weighted by atomic mass is 10.2. The Bertz CT molecular complexity index is 768. The minimum absolute atomic E-state index is 0. The molecule has 0 saturated carbocycles. The highest BCUT2D eigenvalue weighted by Crippen LogP contribution is 2.32. The van der Waals surface area contributed by atoms with Crippen molar-refractivity contribution in [2.75, 3.05) is 32.2 Å². The summed E-state index contributed by atoms with van der Waals surface area (Å²) in [7, 11) is 1.66. The summed E-state index contributed by atoms with van der Waals surface area (Å²) in [6, 6.07) is 13.7. The Morgan fingerprint density at radius 3 is 2.70 bits per heavy atom. The van der Waals surface area contributed by atoms with E-state index in [9.17, 15) is 0 Å². The van der Waals surface area contributed by atoms with Crippen LogP contribution in [0.4, 0.5) is 5.69 Å². The molecule has 0 spiro atoms. The molecule has 2 N–H and O–H groups in total. The molecule has 1 heterocycles. The lowest BCUT2D eigenvalue weighted by molar-refractivity contribution is 0.297. The van der Waals surface area contributed by atoms with Crippen LogP contribution in [-0.2, 0) is 6.54 Å². The lowest BCUT2D eigenvalue weighted by Gasteiger charge is -2.14. The van der Waals surface area contributed by atoms with E-state index in [0.29, 0.717) is 25.7 Å². The Balaban J connectivity index is 0.00000261. The van der Waals surface area contributed by atoms with E-state index in [1.54, 1.807) is 7.11 Å². The van der Waals surface area contributed by atoms with Crippen LogP contribution in [0.5, 0.6) is 17.2 Å². The van der Waals surface area contributed by atoms with Gasteiger partial charge in [0.2, 0.25) is 0 Å². The van der Waals surface area contributed by atoms with Gasteiger partial charge in [0.05, 0.1) is 26.9 Å². The molecule has 2 aromatic carbocycles. The maximum absolute atomic E-state index is 5.75. The van der Waals surface area contributed by atoms with Gasteiger partial charge in [0, 0.05) is 24.7 Å². The predicted molar refractivity (Wildman–Crippen MR) is 119 cm³/mol. The average Bonchev–Trinajstić information content (AvgIpc) is 2.91. The third kappa shape index (κ3) is 6.20. The fraction of sp³-hybridized carbons (Fsp3) is 0.350. The number of ether oxygens (including phenoxy) is 3. The minimum Gasteiger partial charge on any atom is -0.497 e. The van der Waals surface area contributed by atoms with Crippen molar-refractivity contribution in [1.82, 2.24) is 5.32 Å². The van der Waals surface area contributed by atoms with Gasteiger partial charge in [-0.15, -0.1) is 24.0 Å². The number of benzene rings is 2. The number of halogens is 1. The number of hydrogen-bond donors (Lipinski definition) is 2. The first-order valence-corrected chi connectivity index (χ1v) is 8.86. The molecule has 27 heavy (non-hydrogen) atoms. The third-order valence-electron chi connectivity index (χ3n) is 3.91. The van der Waals surface area contributed by atoms with Crippen molar-refractivity contribution in [2.45, 2.75) is 19.9 Å². The first-order valence-electron chi connectivity index (χ1n) is 8.86. The number of nitrogens with one attached hydrogen (secondary N) is 2. The Hall–Kier alpha value is -2.16. The van der Waals surface area contributed by atoms with Crippen LogP contribution in [0.25, 0.3) is 0 Å². The molecule has 7 heteroatoms. The topological polar surface area (TPSA) is 64.1 Å². The maximum atomic E-state index is 5.75. The second-order valence-corrected chi connectivity index (χ2v) is 5.88. The molecule has 0 unspecified atom stereocenters. The summed E-state index contributed by atoms with van der Waals surface area (Å²) in [4.78, 5) is 4.65. The van der Waals surface area contributed by atoms with E-state index >= 15 is 0 Å². The number of guanidine groups is 1. The average molecular weight is 483 g/mol. The van der Waals surface area contributed by atoms with Crippen LogP contribution < -0.4 is 24.8 Å². The Labute approximate surface area is 177 Å². The van der Waals surface area contributed by atoms with E-state index < -0.39 is 0 Å². The highest BCUT2D eigenvalue weighted by molar-refractivity contribution is 14.0. The Kier molecular flexibility index (Phi) is 8.50. The zero-order valence-corrected chi connectivity index (χ0v) is 18.0. The van der Waals surface area contributed by atoms with Crippen LogP contribution in [-0.4, -0.2) is 32.8 Å². The van der Waals surface area contributed by atoms with Crippen molar-refractivity contribution in [3.8, 4) is 17.2 Å². The molecule has 6 nitrogen and oxygen atoms in total. The van der Waals surface area contributed by atoms with Gasteiger partial charge in [-0.25, -0.2) is 4.99 Å². The molecular weight excluding hydrogens is 457 g/mol. The van der Waals surface area contributed by atoms with E-state index in [1.165, 1.54) is 0 Å². The summed E-state index contributed by atoms with van der Waals surface area (Å²) in [6.07, 6.45) is 0.891. The van der Waals surface area contributed by atoms with E-state index in [1.807, 2.05) is 49.4 Å². The zero-order valence-electron chi connectivity index (χ0n) is 15.7. The van der Waals surface area contributed by atoms with Crippen LogP contribution in [0.1, 0.15) is 18.9 Å². The molecular formula is C20H26IN3O3. The predicted octanol–water partition coefficient (Wildman–Crippen LogP) is 4.05. The summed E-state index contributed by atoms with van der Waals surface area (Å²) < 4.78 is 16.7. The second kappa shape index (κ2) is 10.9. The van der Waals surface area contributed by atoms with Gasteiger partial charge in [0.25, 0.3) is 0 Å². The molecule has 0 atom stereocenters. The molecule has 3 rings (SSSR count). The summed E-state index contributed by atoms with van der Waals surface area (Å²) in [5.74, 6) is 3.09. The molecule has 146 valence electrons. The maximum Gasteiger partial charge on any atom is 0.196 e. The largest absolute Gasteiger partial charge is 0.497 e. The molecule has 2 aromatic rings. The fourth-order valence-electron chi connectivity index (χ4n) is 2.63. The Morgan fingerprint density at radius 1 is 1.11 bits per heavy atom. The third-order valence-corrected chi connectivity index (χ3v) is 3.91. The molecule has 0 saturated heterocycles. The molecule has 0 aromatic heterocycles. The molecule has 0 bridgehead atoms. The molecule has 1 aliphatic rings. The number of hydrogen-bond acceptors (Lipinski definition) is 4. The van der Waals surface area contributed by atoms with Gasteiger partial charge in [-0.1, -0.05) is 12.1 Å². The van der Waals surface area contributed by atoms with Crippen molar-refractivity contribution in [1.29, 1.82) is 0 Å². The summed E-state index contributed by atoms with van der Waals surface area (Å²) >= 11 is 0. The second-order valence-electron chi connectivity index (χ2n) is 5.88. The number of aliphatic imine (C=N–C) groups is 1. The van der Waals surface area contributed by atoms with Crippen molar-refractivity contribution >= 4 is 35.6 Å². The molecule has 0 radical (unpaired) electrons. The van der Waals surface area contributed by atoms with E-state index in [0.717, 1.165) is 41.5 Å². The van der Waals surface area contributed by atoms with Gasteiger partial charge >= 0.3 is 0 Å². The van der Waals surface area contributed by atoms with E-state index in [-0.39, 0.29) is 24.0 Å². The first-order chi connectivity index (χ1) is 12.8. The first kappa shape index (κ1) is 21.1. The fourth-order valence-corrected chi connectivity index (χ4v) is 2.63. The van der Waals surface area contributed by atoms with Crippen LogP contribution in [0.3, 0.4) is 0 Å². The van der Waals surface area contributed by atoms with Crippen LogP contribution in [0.2, 0.25) is 0 Å². The van der Waals surface area contributed by atoms with E-state index in [2.05, 4.69) is 15.6 Å². The molecule has 0 fully saturated rings. The zero-order chi connectivity index (χ0) is 18.2. The van der Waals surface area contributed by atoms with Crippen molar-refractivity contribution < 1.29 is 14.2 Å². The summed E-state index contributed by atoms with van der Waals surface area (Å²) in [6.45, 7) is 4.72. The lowest BCUT2D eigenvalue weighted by Crippen LogP contribution is -2.30. The van der Waals surface area contributed by atoms with Gasteiger partial charge in [-0.3, -0.25) is 0 Å². The number of nitrogens with zero attached hydrogens (tertiary/aromatic N) is 1. The standard InChI is InChI=1S/C20H25N3O3.HI/c1-3-21-20(22-14-15-6-4-7-17(12-15)24-2)23-16-8-9-18-19(13-16)26-11-5-10-25-18;/h4,6-9,12-13H,3,5,10-11,14H2,1-2H3,(H2,21,22,23);1H. The monoisotopic (exact) mass is 483 g/mol. The highest BCUT2D eigenvalue weighted by atomic mass is 127.